The first-order valence-corrected chi connectivity index (χ1v) is 10.6. The van der Waals surface area contributed by atoms with Gasteiger partial charge in [0, 0.05) is 18.2 Å². The van der Waals surface area contributed by atoms with E-state index < -0.39 is 8.07 Å². The summed E-state index contributed by atoms with van der Waals surface area (Å²) in [6.07, 6.45) is 8.23. The van der Waals surface area contributed by atoms with Gasteiger partial charge in [0.1, 0.15) is 0 Å². The van der Waals surface area contributed by atoms with Crippen LogP contribution in [0.5, 0.6) is 0 Å². The van der Waals surface area contributed by atoms with Gasteiger partial charge >= 0.3 is 0 Å². The summed E-state index contributed by atoms with van der Waals surface area (Å²) in [5, 5.41) is 0. The maximum absolute atomic E-state index is 11.3. The Morgan fingerprint density at radius 1 is 1.11 bits per heavy atom. The molecule has 2 amide bonds. The van der Waals surface area contributed by atoms with E-state index in [1.54, 1.807) is 0 Å². The zero-order valence-corrected chi connectivity index (χ0v) is 13.3. The lowest BCUT2D eigenvalue weighted by Gasteiger charge is -2.29. The van der Waals surface area contributed by atoms with Crippen LogP contribution in [-0.4, -0.2) is 30.8 Å². The Kier molecular flexibility index (Phi) is 5.73. The zero-order valence-electron chi connectivity index (χ0n) is 12.3. The normalized spacial score (nSPS) is 20.3. The summed E-state index contributed by atoms with van der Waals surface area (Å²) >= 11 is 0. The van der Waals surface area contributed by atoms with Crippen LogP contribution in [0.4, 0.5) is 0 Å². The molecule has 0 N–H and O–H groups in total. The van der Waals surface area contributed by atoms with Gasteiger partial charge < -0.3 is 0 Å². The van der Waals surface area contributed by atoms with Gasteiger partial charge in [-0.3, -0.25) is 14.5 Å². The number of rotatable bonds is 2. The molecule has 106 valence electrons. The molecule has 0 radical (unpaired) electrons. The Morgan fingerprint density at radius 3 is 1.89 bits per heavy atom. The minimum Gasteiger partial charge on any atom is -0.272 e. The van der Waals surface area contributed by atoms with E-state index in [1.165, 1.54) is 23.5 Å². The highest BCUT2D eigenvalue weighted by Crippen LogP contribution is 2.24. The molecule has 0 spiro atoms. The zero-order chi connectivity index (χ0) is 14.5. The molecule has 19 heavy (non-hydrogen) atoms. The van der Waals surface area contributed by atoms with Gasteiger partial charge in [0.15, 0.2) is 0 Å². The molecule has 1 saturated carbocycles. The van der Waals surface area contributed by atoms with Crippen LogP contribution in [0.3, 0.4) is 0 Å². The van der Waals surface area contributed by atoms with Crippen molar-refractivity contribution in [3.63, 3.8) is 0 Å². The van der Waals surface area contributed by atoms with Crippen molar-refractivity contribution in [3.8, 4) is 0 Å². The minimum absolute atomic E-state index is 0.128. The van der Waals surface area contributed by atoms with Crippen molar-refractivity contribution < 1.29 is 9.59 Å². The van der Waals surface area contributed by atoms with Crippen molar-refractivity contribution in [1.29, 1.82) is 0 Å². The second kappa shape index (κ2) is 6.85. The summed E-state index contributed by atoms with van der Waals surface area (Å²) in [6.45, 7) is 10.5. The van der Waals surface area contributed by atoms with E-state index >= 15 is 0 Å². The second-order valence-corrected chi connectivity index (χ2v) is 11.4. The fourth-order valence-corrected chi connectivity index (χ4v) is 2.11. The van der Waals surface area contributed by atoms with E-state index in [4.69, 9.17) is 0 Å². The number of amides is 2. The van der Waals surface area contributed by atoms with Gasteiger partial charge in [-0.25, -0.2) is 0 Å². The largest absolute Gasteiger partial charge is 0.272 e. The second-order valence-electron chi connectivity index (χ2n) is 6.24. The highest BCUT2D eigenvalue weighted by Gasteiger charge is 2.31. The molecule has 1 fully saturated rings. The average Bonchev–Trinajstić information content (AvgIpc) is 2.70. The first-order chi connectivity index (χ1) is 8.85. The first kappa shape index (κ1) is 15.9. The number of imide groups is 1. The fraction of sp³-hybridized carbons (Fsp3) is 0.600. The highest BCUT2D eigenvalue weighted by molar-refractivity contribution is 6.80. The maximum atomic E-state index is 11.3. The van der Waals surface area contributed by atoms with Gasteiger partial charge in [0.25, 0.3) is 11.8 Å². The predicted molar refractivity (Wildman–Crippen MR) is 81.4 cm³/mol. The van der Waals surface area contributed by atoms with Crippen molar-refractivity contribution in [2.24, 2.45) is 0 Å². The van der Waals surface area contributed by atoms with Crippen molar-refractivity contribution in [2.75, 3.05) is 0 Å². The topological polar surface area (TPSA) is 37.4 Å². The van der Waals surface area contributed by atoms with Gasteiger partial charge in [-0.05, 0) is 12.8 Å². The first-order valence-electron chi connectivity index (χ1n) is 7.04. The summed E-state index contributed by atoms with van der Waals surface area (Å²) < 4.78 is 0. The molecule has 2 rings (SSSR count). The number of hydrogen-bond donors (Lipinski definition) is 0. The molecular formula is C15H25NO2Si. The molecule has 0 aromatic carbocycles. The summed E-state index contributed by atoms with van der Waals surface area (Å²) in [5.41, 5.74) is 2.08. The third-order valence-corrected chi connectivity index (χ3v) is 4.62. The lowest BCUT2D eigenvalue weighted by atomic mass is 9.94. The van der Waals surface area contributed by atoms with Crippen molar-refractivity contribution in [3.05, 3.63) is 24.4 Å². The third-order valence-electron chi connectivity index (χ3n) is 3.40. The van der Waals surface area contributed by atoms with Crippen LogP contribution in [-0.2, 0) is 9.59 Å². The minimum atomic E-state index is -0.867. The molecule has 0 bridgehead atoms. The molecule has 0 saturated heterocycles. The van der Waals surface area contributed by atoms with Crippen LogP contribution in [0.2, 0.25) is 19.6 Å². The van der Waals surface area contributed by atoms with Crippen molar-refractivity contribution >= 4 is 19.9 Å². The van der Waals surface area contributed by atoms with Crippen LogP contribution >= 0.6 is 0 Å². The lowest BCUT2D eigenvalue weighted by molar-refractivity contribution is -0.140. The summed E-state index contributed by atoms with van der Waals surface area (Å²) in [6, 6.07) is 0.170. The number of nitrogens with zero attached hydrogens (tertiary/aromatic N) is 1. The predicted octanol–water partition coefficient (Wildman–Crippen LogP) is 3.29. The Balaban J connectivity index is 0.000000258. The quantitative estimate of drug-likeness (QED) is 0.574. The average molecular weight is 279 g/mol. The summed E-state index contributed by atoms with van der Waals surface area (Å²) in [5.74, 6) is -0.256. The Bertz CT molecular complexity index is 358. The molecule has 1 heterocycles. The van der Waals surface area contributed by atoms with E-state index in [0.29, 0.717) is 0 Å². The number of carbonyl (C=O) groups excluding carboxylic acids is 2. The number of carbonyl (C=O) groups is 2. The van der Waals surface area contributed by atoms with Crippen LogP contribution in [0.25, 0.3) is 0 Å². The Hall–Kier alpha value is -1.16. The highest BCUT2D eigenvalue weighted by atomic mass is 28.3. The molecule has 0 unspecified atom stereocenters. The third kappa shape index (κ3) is 5.15. The van der Waals surface area contributed by atoms with Gasteiger partial charge in [-0.2, -0.15) is 0 Å². The van der Waals surface area contributed by atoms with E-state index in [0.717, 1.165) is 25.7 Å². The SMILES string of the molecule is C=C[Si](C)(C)C.O=C1C=CC(=O)N1C1CCCCC1. The number of hydrogen-bond acceptors (Lipinski definition) is 2. The molecule has 0 aromatic rings. The van der Waals surface area contributed by atoms with E-state index in [9.17, 15) is 9.59 Å². The molecule has 3 nitrogen and oxygen atoms in total. The Morgan fingerprint density at radius 2 is 1.53 bits per heavy atom. The van der Waals surface area contributed by atoms with Crippen LogP contribution in [0.15, 0.2) is 24.4 Å². The van der Waals surface area contributed by atoms with E-state index in [2.05, 4.69) is 31.9 Å². The molecule has 4 heteroatoms. The van der Waals surface area contributed by atoms with Crippen LogP contribution in [0.1, 0.15) is 32.1 Å². The standard InChI is InChI=1S/C10H13NO2.C5H12Si/c12-9-6-7-10(13)11(9)8-4-2-1-3-5-8;1-5-6(2,3)4/h6-8H,1-5H2;5H,1H2,2-4H3. The van der Waals surface area contributed by atoms with E-state index in [-0.39, 0.29) is 17.9 Å². The molecule has 1 aliphatic carbocycles. The molecule has 0 atom stereocenters. The van der Waals surface area contributed by atoms with Gasteiger partial charge in [-0.15, -0.1) is 12.3 Å². The summed E-state index contributed by atoms with van der Waals surface area (Å²) in [4.78, 5) is 24.0. The fourth-order valence-electron chi connectivity index (χ4n) is 2.11. The smallest absolute Gasteiger partial charge is 0.253 e. The molecule has 1 aliphatic heterocycles. The lowest BCUT2D eigenvalue weighted by Crippen LogP contribution is -2.41. The van der Waals surface area contributed by atoms with Crippen molar-refractivity contribution in [1.82, 2.24) is 4.90 Å². The molecule has 2 aliphatic rings. The summed E-state index contributed by atoms with van der Waals surface area (Å²) in [7, 11) is -0.867. The van der Waals surface area contributed by atoms with Gasteiger partial charge in [0.05, 0.1) is 8.07 Å². The maximum Gasteiger partial charge on any atom is 0.253 e. The van der Waals surface area contributed by atoms with E-state index in [1.807, 2.05) is 0 Å². The van der Waals surface area contributed by atoms with Gasteiger partial charge in [0.2, 0.25) is 0 Å². The van der Waals surface area contributed by atoms with Crippen molar-refractivity contribution in [2.45, 2.75) is 57.8 Å². The van der Waals surface area contributed by atoms with Gasteiger partial charge in [-0.1, -0.05) is 38.9 Å². The van der Waals surface area contributed by atoms with Crippen LogP contribution < -0.4 is 0 Å². The Labute approximate surface area is 117 Å². The monoisotopic (exact) mass is 279 g/mol. The molecule has 0 aromatic heterocycles. The molecular weight excluding hydrogens is 254 g/mol. The van der Waals surface area contributed by atoms with Crippen LogP contribution in [0, 0.1) is 0 Å².